The highest BCUT2D eigenvalue weighted by Crippen LogP contribution is 2.30. The van der Waals surface area contributed by atoms with Gasteiger partial charge in [0, 0.05) is 44.4 Å². The molecule has 23 heavy (non-hydrogen) atoms. The molecule has 1 aromatic heterocycles. The van der Waals surface area contributed by atoms with Gasteiger partial charge in [0.15, 0.2) is 0 Å². The summed E-state index contributed by atoms with van der Waals surface area (Å²) in [5.41, 5.74) is 2.90. The minimum atomic E-state index is -0.0938. The first-order chi connectivity index (χ1) is 11.1. The van der Waals surface area contributed by atoms with Crippen LogP contribution < -0.4 is 5.32 Å². The normalized spacial score (nSPS) is 10.9. The third kappa shape index (κ3) is 3.71. The summed E-state index contributed by atoms with van der Waals surface area (Å²) in [5.74, 6) is 0.721. The molecule has 2 aromatic carbocycles. The fourth-order valence-electron chi connectivity index (χ4n) is 2.49. The van der Waals surface area contributed by atoms with Crippen LogP contribution in [0.2, 0.25) is 5.02 Å². The monoisotopic (exact) mass is 344 g/mol. The fraction of sp³-hybridized carbons (Fsp3) is 0.167. The van der Waals surface area contributed by atoms with Crippen LogP contribution in [0.25, 0.3) is 10.9 Å². The summed E-state index contributed by atoms with van der Waals surface area (Å²) in [6, 6.07) is 15.2. The zero-order chi connectivity index (χ0) is 16.2. The first-order valence-electron chi connectivity index (χ1n) is 7.39. The van der Waals surface area contributed by atoms with E-state index in [1.807, 2.05) is 12.1 Å². The lowest BCUT2D eigenvalue weighted by atomic mass is 10.2. The minimum Gasteiger partial charge on any atom is -0.358 e. The third-order valence-corrected chi connectivity index (χ3v) is 5.01. The second-order valence-electron chi connectivity index (χ2n) is 5.24. The lowest BCUT2D eigenvalue weighted by Crippen LogP contribution is -2.25. The van der Waals surface area contributed by atoms with Gasteiger partial charge in [-0.1, -0.05) is 35.9 Å². The summed E-state index contributed by atoms with van der Waals surface area (Å²) >= 11 is 7.65. The predicted molar refractivity (Wildman–Crippen MR) is 97.5 cm³/mol. The molecule has 1 heterocycles. The van der Waals surface area contributed by atoms with Crippen molar-refractivity contribution >= 4 is 40.2 Å². The molecule has 3 nitrogen and oxygen atoms in total. The molecule has 3 aromatic rings. The molecule has 0 radical (unpaired) electrons. The van der Waals surface area contributed by atoms with Crippen LogP contribution in [0.1, 0.15) is 16.1 Å². The number of hydrogen-bond acceptors (Lipinski definition) is 2. The predicted octanol–water partition coefficient (Wildman–Crippen LogP) is 4.65. The summed E-state index contributed by atoms with van der Waals surface area (Å²) in [4.78, 5) is 16.7. The molecular formula is C18H17ClN2OS. The number of carbonyl (C=O) groups is 1. The van der Waals surface area contributed by atoms with Gasteiger partial charge in [-0.3, -0.25) is 4.79 Å². The molecule has 0 aliphatic rings. The lowest BCUT2D eigenvalue weighted by molar-refractivity contribution is 0.0956. The van der Waals surface area contributed by atoms with Crippen LogP contribution in [-0.4, -0.2) is 23.2 Å². The number of aryl methyl sites for hydroxylation is 1. The van der Waals surface area contributed by atoms with Crippen molar-refractivity contribution in [2.75, 3.05) is 12.3 Å². The van der Waals surface area contributed by atoms with Gasteiger partial charge in [0.25, 0.3) is 5.91 Å². The first-order valence-corrected chi connectivity index (χ1v) is 8.75. The Morgan fingerprint density at radius 1 is 1.22 bits per heavy atom. The van der Waals surface area contributed by atoms with E-state index in [0.29, 0.717) is 17.1 Å². The van der Waals surface area contributed by atoms with Crippen molar-refractivity contribution in [3.8, 4) is 0 Å². The molecule has 2 N–H and O–H groups in total. The average Bonchev–Trinajstić information content (AvgIpc) is 2.87. The van der Waals surface area contributed by atoms with Crippen LogP contribution in [0.3, 0.4) is 0 Å². The smallest absolute Gasteiger partial charge is 0.251 e. The van der Waals surface area contributed by atoms with E-state index in [-0.39, 0.29) is 5.91 Å². The number of fused-ring (bicyclic) bond motifs is 1. The van der Waals surface area contributed by atoms with Gasteiger partial charge in [0.2, 0.25) is 0 Å². The zero-order valence-corrected chi connectivity index (χ0v) is 14.3. The van der Waals surface area contributed by atoms with Crippen LogP contribution >= 0.6 is 23.4 Å². The van der Waals surface area contributed by atoms with Gasteiger partial charge < -0.3 is 10.3 Å². The van der Waals surface area contributed by atoms with Crippen LogP contribution in [-0.2, 0) is 0 Å². The summed E-state index contributed by atoms with van der Waals surface area (Å²) < 4.78 is 0. The Morgan fingerprint density at radius 2 is 2.04 bits per heavy atom. The van der Waals surface area contributed by atoms with E-state index >= 15 is 0 Å². The number of rotatable bonds is 5. The van der Waals surface area contributed by atoms with Crippen molar-refractivity contribution in [2.24, 2.45) is 0 Å². The van der Waals surface area contributed by atoms with E-state index < -0.39 is 0 Å². The molecule has 0 fully saturated rings. The van der Waals surface area contributed by atoms with E-state index in [1.54, 1.807) is 36.0 Å². The Bertz CT molecular complexity index is 844. The Morgan fingerprint density at radius 3 is 2.87 bits per heavy atom. The van der Waals surface area contributed by atoms with E-state index in [0.717, 1.165) is 17.0 Å². The number of para-hydroxylation sites is 1. The SMILES string of the molecule is Cc1[nH]c2ccccc2c1SCCNC(=O)c1cccc(Cl)c1. The van der Waals surface area contributed by atoms with Crippen molar-refractivity contribution in [1.29, 1.82) is 0 Å². The Kier molecular flexibility index (Phi) is 4.94. The molecule has 0 unspecified atom stereocenters. The van der Waals surface area contributed by atoms with Crippen molar-refractivity contribution in [2.45, 2.75) is 11.8 Å². The standard InChI is InChI=1S/C18H17ClN2OS/c1-12-17(15-7-2-3-8-16(15)21-12)23-10-9-20-18(22)13-5-4-6-14(19)11-13/h2-8,11,21H,9-10H2,1H3,(H,20,22). The number of hydrogen-bond donors (Lipinski definition) is 2. The summed E-state index contributed by atoms with van der Waals surface area (Å²) in [7, 11) is 0. The molecule has 0 aliphatic carbocycles. The maximum atomic E-state index is 12.1. The number of H-pyrrole nitrogens is 1. The van der Waals surface area contributed by atoms with Crippen molar-refractivity contribution in [3.63, 3.8) is 0 Å². The topological polar surface area (TPSA) is 44.9 Å². The number of benzene rings is 2. The molecule has 1 amide bonds. The number of thioether (sulfide) groups is 1. The zero-order valence-electron chi connectivity index (χ0n) is 12.7. The van der Waals surface area contributed by atoms with Gasteiger partial charge in [0.05, 0.1) is 0 Å². The van der Waals surface area contributed by atoms with Gasteiger partial charge in [0.1, 0.15) is 0 Å². The maximum Gasteiger partial charge on any atom is 0.251 e. The van der Waals surface area contributed by atoms with Crippen LogP contribution in [0.4, 0.5) is 0 Å². The molecular weight excluding hydrogens is 328 g/mol. The Balaban J connectivity index is 1.57. The second kappa shape index (κ2) is 7.11. The number of nitrogens with one attached hydrogen (secondary N) is 2. The minimum absolute atomic E-state index is 0.0938. The Hall–Kier alpha value is -1.91. The van der Waals surface area contributed by atoms with Crippen molar-refractivity contribution < 1.29 is 4.79 Å². The van der Waals surface area contributed by atoms with Gasteiger partial charge in [-0.05, 0) is 31.2 Å². The number of aromatic nitrogens is 1. The van der Waals surface area contributed by atoms with Gasteiger partial charge in [-0.2, -0.15) is 0 Å². The molecule has 118 valence electrons. The third-order valence-electron chi connectivity index (χ3n) is 3.56. The quantitative estimate of drug-likeness (QED) is 0.522. The Labute approximate surface area is 144 Å². The molecule has 0 saturated heterocycles. The van der Waals surface area contributed by atoms with Crippen LogP contribution in [0, 0.1) is 6.92 Å². The molecule has 0 saturated carbocycles. The van der Waals surface area contributed by atoms with Crippen molar-refractivity contribution in [3.05, 3.63) is 64.8 Å². The highest BCUT2D eigenvalue weighted by molar-refractivity contribution is 7.99. The molecule has 3 rings (SSSR count). The van der Waals surface area contributed by atoms with E-state index in [2.05, 4.69) is 29.4 Å². The largest absolute Gasteiger partial charge is 0.358 e. The van der Waals surface area contributed by atoms with E-state index in [1.165, 1.54) is 10.3 Å². The van der Waals surface area contributed by atoms with Gasteiger partial charge >= 0.3 is 0 Å². The van der Waals surface area contributed by atoms with Crippen LogP contribution in [0.15, 0.2) is 53.4 Å². The number of carbonyl (C=O) groups excluding carboxylic acids is 1. The highest BCUT2D eigenvalue weighted by Gasteiger charge is 2.09. The molecule has 0 aliphatic heterocycles. The van der Waals surface area contributed by atoms with E-state index in [9.17, 15) is 4.79 Å². The summed E-state index contributed by atoms with van der Waals surface area (Å²) in [5, 5.41) is 4.73. The number of amides is 1. The number of halogens is 1. The molecule has 0 spiro atoms. The average molecular weight is 345 g/mol. The highest BCUT2D eigenvalue weighted by atomic mass is 35.5. The van der Waals surface area contributed by atoms with Gasteiger partial charge in [-0.15, -0.1) is 11.8 Å². The molecule has 0 atom stereocenters. The summed E-state index contributed by atoms with van der Waals surface area (Å²) in [6.07, 6.45) is 0. The second-order valence-corrected chi connectivity index (χ2v) is 6.78. The molecule has 5 heteroatoms. The fourth-order valence-corrected chi connectivity index (χ4v) is 3.69. The first kappa shape index (κ1) is 16.0. The van der Waals surface area contributed by atoms with E-state index in [4.69, 9.17) is 11.6 Å². The maximum absolute atomic E-state index is 12.1. The van der Waals surface area contributed by atoms with Crippen LogP contribution in [0.5, 0.6) is 0 Å². The van der Waals surface area contributed by atoms with Crippen molar-refractivity contribution in [1.82, 2.24) is 10.3 Å². The lowest BCUT2D eigenvalue weighted by Gasteiger charge is -2.06. The number of aromatic amines is 1. The molecule has 0 bridgehead atoms. The van der Waals surface area contributed by atoms with Gasteiger partial charge in [-0.25, -0.2) is 0 Å². The summed E-state index contributed by atoms with van der Waals surface area (Å²) in [6.45, 7) is 2.68.